The number of carbonyl (C=O) groups excluding carboxylic acids is 1. The molecule has 0 saturated carbocycles. The number of ether oxygens (including phenoxy) is 1. The van der Waals surface area contributed by atoms with E-state index >= 15 is 0 Å². The maximum absolute atomic E-state index is 13.4. The van der Waals surface area contributed by atoms with Crippen LogP contribution in [0, 0.1) is 24.2 Å². The van der Waals surface area contributed by atoms with E-state index in [0.717, 1.165) is 48.6 Å². The molecule has 1 amide bonds. The van der Waals surface area contributed by atoms with Crippen LogP contribution in [0.15, 0.2) is 34.0 Å². The van der Waals surface area contributed by atoms with Gasteiger partial charge in [0.1, 0.15) is 27.5 Å². The second kappa shape index (κ2) is 11.5. The highest BCUT2D eigenvalue weighted by Gasteiger charge is 2.33. The van der Waals surface area contributed by atoms with E-state index in [2.05, 4.69) is 17.9 Å². The third kappa shape index (κ3) is 5.46. The Hall–Kier alpha value is -3.09. The zero-order chi connectivity index (χ0) is 26.7. The number of hydrogen-bond acceptors (Lipinski definition) is 7. The Morgan fingerprint density at radius 2 is 1.89 bits per heavy atom. The van der Waals surface area contributed by atoms with Gasteiger partial charge in [-0.3, -0.25) is 19.1 Å². The Labute approximate surface area is 227 Å². The lowest BCUT2D eigenvalue weighted by molar-refractivity contribution is -0.122. The second-order valence-electron chi connectivity index (χ2n) is 9.50. The van der Waals surface area contributed by atoms with Gasteiger partial charge in [-0.2, -0.15) is 5.26 Å². The van der Waals surface area contributed by atoms with Crippen molar-refractivity contribution in [3.63, 3.8) is 0 Å². The molecule has 2 aliphatic heterocycles. The maximum Gasteiger partial charge on any atom is 0.270 e. The lowest BCUT2D eigenvalue weighted by Gasteiger charge is -2.35. The van der Waals surface area contributed by atoms with Crippen LogP contribution >= 0.6 is 24.0 Å². The largest absolute Gasteiger partial charge is 0.497 e. The number of benzene rings is 1. The number of hydrogen-bond donors (Lipinski definition) is 0. The summed E-state index contributed by atoms with van der Waals surface area (Å²) in [4.78, 5) is 31.0. The van der Waals surface area contributed by atoms with Crippen LogP contribution in [0.25, 0.3) is 6.08 Å². The Bertz CT molecular complexity index is 1330. The third-order valence-electron chi connectivity index (χ3n) is 7.18. The number of thioether (sulfide) groups is 1. The lowest BCUT2D eigenvalue weighted by Crippen LogP contribution is -2.39. The molecule has 3 heterocycles. The molecule has 2 aliphatic rings. The van der Waals surface area contributed by atoms with Crippen LogP contribution in [0.4, 0.5) is 5.82 Å². The van der Waals surface area contributed by atoms with Gasteiger partial charge < -0.3 is 9.64 Å². The summed E-state index contributed by atoms with van der Waals surface area (Å²) in [6, 6.07) is 9.87. The van der Waals surface area contributed by atoms with Crippen molar-refractivity contribution in [1.82, 2.24) is 9.47 Å². The van der Waals surface area contributed by atoms with Gasteiger partial charge in [-0.05, 0) is 68.4 Å². The van der Waals surface area contributed by atoms with Crippen LogP contribution < -0.4 is 15.2 Å². The molecular formula is C28H32N4O3S2. The van der Waals surface area contributed by atoms with Crippen LogP contribution in [0.5, 0.6) is 5.75 Å². The van der Waals surface area contributed by atoms with Gasteiger partial charge in [0, 0.05) is 31.7 Å². The molecule has 9 heteroatoms. The Kier molecular flexibility index (Phi) is 8.40. The number of thiocarbonyl (C=S) groups is 1. The molecule has 0 aliphatic carbocycles. The van der Waals surface area contributed by atoms with Crippen molar-refractivity contribution >= 4 is 46.1 Å². The summed E-state index contributed by atoms with van der Waals surface area (Å²) in [5, 5.41) is 9.78. The zero-order valence-electron chi connectivity index (χ0n) is 21.7. The molecule has 0 spiro atoms. The van der Waals surface area contributed by atoms with E-state index in [9.17, 15) is 14.9 Å². The van der Waals surface area contributed by atoms with Gasteiger partial charge in [-0.1, -0.05) is 43.0 Å². The number of amides is 1. The number of nitrogens with zero attached hydrogens (tertiary/aromatic N) is 4. The summed E-state index contributed by atoms with van der Waals surface area (Å²) < 4.78 is 7.41. The zero-order valence-corrected chi connectivity index (χ0v) is 23.4. The molecule has 2 fully saturated rings. The van der Waals surface area contributed by atoms with Crippen molar-refractivity contribution in [1.29, 1.82) is 5.26 Å². The average molecular weight is 537 g/mol. The normalized spacial score (nSPS) is 17.5. The van der Waals surface area contributed by atoms with E-state index < -0.39 is 0 Å². The minimum Gasteiger partial charge on any atom is -0.497 e. The van der Waals surface area contributed by atoms with Crippen molar-refractivity contribution in [2.45, 2.75) is 46.6 Å². The molecule has 0 unspecified atom stereocenters. The van der Waals surface area contributed by atoms with Crippen LogP contribution in [0.3, 0.4) is 0 Å². The van der Waals surface area contributed by atoms with Crippen molar-refractivity contribution in [3.05, 3.63) is 61.8 Å². The van der Waals surface area contributed by atoms with Crippen molar-refractivity contribution < 1.29 is 9.53 Å². The van der Waals surface area contributed by atoms with E-state index in [0.29, 0.717) is 40.2 Å². The Balaban J connectivity index is 1.69. The highest BCUT2D eigenvalue weighted by molar-refractivity contribution is 8.26. The highest BCUT2D eigenvalue weighted by atomic mass is 32.2. The number of aromatic nitrogens is 1. The smallest absolute Gasteiger partial charge is 0.270 e. The Morgan fingerprint density at radius 1 is 1.22 bits per heavy atom. The number of rotatable bonds is 7. The van der Waals surface area contributed by atoms with Crippen LogP contribution in [0.1, 0.15) is 48.9 Å². The molecular weight excluding hydrogens is 504 g/mol. The summed E-state index contributed by atoms with van der Waals surface area (Å²) in [5.41, 5.74) is 2.29. The first-order chi connectivity index (χ1) is 17.8. The first-order valence-corrected chi connectivity index (χ1v) is 13.8. The fraction of sp³-hybridized carbons (Fsp3) is 0.429. The first kappa shape index (κ1) is 27.0. The molecule has 2 saturated heterocycles. The number of anilines is 1. The Morgan fingerprint density at radius 3 is 2.49 bits per heavy atom. The van der Waals surface area contributed by atoms with E-state index in [1.54, 1.807) is 23.5 Å². The van der Waals surface area contributed by atoms with E-state index in [1.165, 1.54) is 11.8 Å². The SMILES string of the molecule is CCn1c(N2CCC(C)CC2)c(C=C2SC(=S)N(CCc3ccc(OC)cc3)C2=O)c(C)c(C#N)c1=O. The van der Waals surface area contributed by atoms with Crippen molar-refractivity contribution in [2.75, 3.05) is 31.6 Å². The van der Waals surface area contributed by atoms with Gasteiger partial charge in [0.15, 0.2) is 0 Å². The molecule has 37 heavy (non-hydrogen) atoms. The molecule has 0 bridgehead atoms. The summed E-state index contributed by atoms with van der Waals surface area (Å²) in [6.07, 6.45) is 4.56. The summed E-state index contributed by atoms with van der Waals surface area (Å²) >= 11 is 6.85. The number of carbonyl (C=O) groups is 1. The standard InChI is InChI=1S/C28H32N4O3S2/c1-5-31-25(30-13-10-18(2)11-14-30)22(19(3)23(17-29)26(31)33)16-24-27(34)32(28(36)37-24)15-12-20-6-8-21(35-4)9-7-20/h6-9,16,18H,5,10-15H2,1-4H3. The molecule has 0 radical (unpaired) electrons. The molecule has 2 aromatic rings. The van der Waals surface area contributed by atoms with Crippen LogP contribution in [0.2, 0.25) is 0 Å². The predicted molar refractivity (Wildman–Crippen MR) is 153 cm³/mol. The van der Waals surface area contributed by atoms with Gasteiger partial charge in [-0.25, -0.2) is 0 Å². The molecule has 1 aromatic heterocycles. The average Bonchev–Trinajstić information content (AvgIpc) is 3.17. The predicted octanol–water partition coefficient (Wildman–Crippen LogP) is 4.74. The molecule has 1 aromatic carbocycles. The van der Waals surface area contributed by atoms with E-state index in [-0.39, 0.29) is 17.0 Å². The topological polar surface area (TPSA) is 78.6 Å². The monoisotopic (exact) mass is 536 g/mol. The molecule has 4 rings (SSSR count). The highest BCUT2D eigenvalue weighted by Crippen LogP contribution is 2.36. The van der Waals surface area contributed by atoms with Crippen molar-refractivity contribution in [3.8, 4) is 11.8 Å². The fourth-order valence-corrected chi connectivity index (χ4v) is 6.15. The first-order valence-electron chi connectivity index (χ1n) is 12.6. The minimum absolute atomic E-state index is 0.122. The number of methoxy groups -OCH3 is 1. The van der Waals surface area contributed by atoms with Gasteiger partial charge >= 0.3 is 0 Å². The van der Waals surface area contributed by atoms with E-state index in [1.807, 2.05) is 37.3 Å². The maximum atomic E-state index is 13.4. The molecule has 194 valence electrons. The second-order valence-corrected chi connectivity index (χ2v) is 11.2. The quantitative estimate of drug-likeness (QED) is 0.374. The molecule has 0 atom stereocenters. The summed E-state index contributed by atoms with van der Waals surface area (Å²) in [7, 11) is 1.63. The van der Waals surface area contributed by atoms with E-state index in [4.69, 9.17) is 17.0 Å². The fourth-order valence-electron chi connectivity index (χ4n) is 4.86. The van der Waals surface area contributed by atoms with Gasteiger partial charge in [-0.15, -0.1) is 0 Å². The van der Waals surface area contributed by atoms with Gasteiger partial charge in [0.2, 0.25) is 0 Å². The third-order valence-corrected chi connectivity index (χ3v) is 8.56. The minimum atomic E-state index is -0.277. The van der Waals surface area contributed by atoms with Crippen LogP contribution in [-0.4, -0.2) is 46.4 Å². The lowest BCUT2D eigenvalue weighted by atomic mass is 9.97. The molecule has 7 nitrogen and oxygen atoms in total. The summed E-state index contributed by atoms with van der Waals surface area (Å²) in [6.45, 7) is 8.53. The van der Waals surface area contributed by atoms with Crippen LogP contribution in [-0.2, 0) is 17.8 Å². The molecule has 0 N–H and O–H groups in total. The van der Waals surface area contributed by atoms with Crippen molar-refractivity contribution in [2.24, 2.45) is 5.92 Å². The van der Waals surface area contributed by atoms with Gasteiger partial charge in [0.05, 0.1) is 12.0 Å². The summed E-state index contributed by atoms with van der Waals surface area (Å²) in [5.74, 6) is 2.06. The number of piperidine rings is 1. The number of nitriles is 1. The number of pyridine rings is 1. The van der Waals surface area contributed by atoms with Gasteiger partial charge in [0.25, 0.3) is 11.5 Å².